The molecule has 0 aliphatic rings. The number of allylic oxidation sites excluding steroid dienone is 1. The summed E-state index contributed by atoms with van der Waals surface area (Å²) >= 11 is 0. The highest BCUT2D eigenvalue weighted by Crippen LogP contribution is 1.54. The molecule has 0 saturated heterocycles. The van der Waals surface area contributed by atoms with Gasteiger partial charge in [0.25, 0.3) is 0 Å². The number of nitrogens with two attached hydrogens (primary N) is 1. The van der Waals surface area contributed by atoms with E-state index in [0.29, 0.717) is 0 Å². The van der Waals surface area contributed by atoms with Crippen molar-refractivity contribution < 1.29 is 19.8 Å². The molecule has 0 aromatic rings. The summed E-state index contributed by atoms with van der Waals surface area (Å²) in [6.07, 6.45) is 1.25. The molecule has 1 amide bonds. The topological polar surface area (TPSA) is 101 Å². The van der Waals surface area contributed by atoms with Crippen molar-refractivity contribution in [3.63, 3.8) is 0 Å². The van der Waals surface area contributed by atoms with Gasteiger partial charge >= 0.3 is 12.1 Å². The van der Waals surface area contributed by atoms with Crippen LogP contribution in [0.5, 0.6) is 0 Å². The van der Waals surface area contributed by atoms with E-state index in [2.05, 4.69) is 18.9 Å². The Morgan fingerprint density at radius 1 is 1.33 bits per heavy atom. The molecule has 0 spiro atoms. The van der Waals surface area contributed by atoms with Crippen LogP contribution < -0.4 is 5.73 Å². The van der Waals surface area contributed by atoms with Crippen molar-refractivity contribution in [3.8, 4) is 0 Å². The van der Waals surface area contributed by atoms with Gasteiger partial charge in [-0.2, -0.15) is 0 Å². The summed E-state index contributed by atoms with van der Waals surface area (Å²) in [6, 6.07) is 0. The molecule has 0 unspecified atom stereocenters. The molecule has 0 aromatic heterocycles. The Balaban J connectivity index is -0.000000105. The van der Waals surface area contributed by atoms with Gasteiger partial charge in [0.1, 0.15) is 0 Å². The number of carboxylic acid groups (broad SMARTS) is 2. The van der Waals surface area contributed by atoms with Crippen molar-refractivity contribution >= 4 is 12.1 Å². The number of hydrogen-bond donors (Lipinski definition) is 3. The molecule has 0 rings (SSSR count). The predicted octanol–water partition coefficient (Wildman–Crippen LogP) is 1.07. The molecule has 5 nitrogen and oxygen atoms in total. The Hall–Kier alpha value is -1.78. The molecule has 0 aliphatic carbocycles. The minimum Gasteiger partial charge on any atom is -0.478 e. The summed E-state index contributed by atoms with van der Waals surface area (Å²) < 4.78 is 0. The Kier molecular flexibility index (Phi) is 22.4. The van der Waals surface area contributed by atoms with Gasteiger partial charge in [0.15, 0.2) is 0 Å². The van der Waals surface area contributed by atoms with Crippen LogP contribution >= 0.6 is 0 Å². The summed E-state index contributed by atoms with van der Waals surface area (Å²) in [6.45, 7) is 8.21. The van der Waals surface area contributed by atoms with Crippen molar-refractivity contribution in [3.05, 3.63) is 25.3 Å². The minimum absolute atomic E-state index is 0.833. The van der Waals surface area contributed by atoms with E-state index in [9.17, 15) is 4.79 Å². The Labute approximate surface area is 70.8 Å². The van der Waals surface area contributed by atoms with E-state index in [1.807, 2.05) is 6.92 Å². The predicted molar refractivity (Wildman–Crippen MR) is 45.9 cm³/mol. The number of rotatable bonds is 1. The van der Waals surface area contributed by atoms with Gasteiger partial charge in [-0.3, -0.25) is 0 Å². The first-order chi connectivity index (χ1) is 5.42. The highest BCUT2D eigenvalue weighted by atomic mass is 16.4. The van der Waals surface area contributed by atoms with Crippen molar-refractivity contribution in [1.82, 2.24) is 0 Å². The number of hydrogen-bond acceptors (Lipinski definition) is 2. The Bertz CT molecular complexity index is 149. The van der Waals surface area contributed by atoms with Crippen LogP contribution in [0.25, 0.3) is 0 Å². The van der Waals surface area contributed by atoms with Gasteiger partial charge in [-0.15, -0.1) is 6.58 Å². The van der Waals surface area contributed by atoms with Crippen LogP contribution in [0.3, 0.4) is 0 Å². The average molecular weight is 175 g/mol. The molecular formula is C7H13NO4. The van der Waals surface area contributed by atoms with Crippen molar-refractivity contribution in [2.24, 2.45) is 5.73 Å². The monoisotopic (exact) mass is 175 g/mol. The maximum Gasteiger partial charge on any atom is 0.402 e. The summed E-state index contributed by atoms with van der Waals surface area (Å²) in [7, 11) is 0. The van der Waals surface area contributed by atoms with Gasteiger partial charge in [0, 0.05) is 6.08 Å². The first-order valence-corrected chi connectivity index (χ1v) is 2.83. The highest BCUT2D eigenvalue weighted by Gasteiger charge is 1.73. The van der Waals surface area contributed by atoms with Gasteiger partial charge in [-0.25, -0.2) is 9.59 Å². The second-order valence-corrected chi connectivity index (χ2v) is 1.29. The lowest BCUT2D eigenvalue weighted by Crippen LogP contribution is -2.03. The van der Waals surface area contributed by atoms with Crippen molar-refractivity contribution in [2.45, 2.75) is 6.92 Å². The number of primary amides is 1. The third-order valence-electron chi connectivity index (χ3n) is 0.175. The van der Waals surface area contributed by atoms with Crippen LogP contribution in [0.2, 0.25) is 0 Å². The molecule has 70 valence electrons. The molecule has 0 aliphatic heterocycles. The molecule has 0 fully saturated rings. The molecule has 0 atom stereocenters. The molecule has 4 N–H and O–H groups in total. The van der Waals surface area contributed by atoms with E-state index >= 15 is 0 Å². The average Bonchev–Trinajstić information content (AvgIpc) is 1.88. The van der Waals surface area contributed by atoms with Crippen LogP contribution in [0.15, 0.2) is 25.3 Å². The van der Waals surface area contributed by atoms with Crippen LogP contribution in [0.4, 0.5) is 4.79 Å². The lowest BCUT2D eigenvalue weighted by molar-refractivity contribution is -0.131. The maximum absolute atomic E-state index is 9.25. The SMILES string of the molecule is C=CC.C=CC(=O)O.NC(=O)O. The smallest absolute Gasteiger partial charge is 0.402 e. The molecular weight excluding hydrogens is 162 g/mol. The van der Waals surface area contributed by atoms with E-state index < -0.39 is 12.1 Å². The third-order valence-corrected chi connectivity index (χ3v) is 0.175. The number of carbonyl (C=O) groups is 2. The maximum atomic E-state index is 9.25. The zero-order valence-corrected chi connectivity index (χ0v) is 6.86. The third kappa shape index (κ3) is 8850. The first kappa shape index (κ1) is 16.7. The van der Waals surface area contributed by atoms with Gasteiger partial charge in [0.2, 0.25) is 0 Å². The minimum atomic E-state index is -1.33. The van der Waals surface area contributed by atoms with E-state index in [1.165, 1.54) is 0 Å². The van der Waals surface area contributed by atoms with Gasteiger partial charge in [0.05, 0.1) is 0 Å². The van der Waals surface area contributed by atoms with Crippen LogP contribution in [-0.4, -0.2) is 22.3 Å². The van der Waals surface area contributed by atoms with Gasteiger partial charge in [-0.05, 0) is 6.92 Å². The standard InChI is InChI=1S/C3H4O2.C3H6.CH3NO2/c1-2-3(4)5;1-3-2;2-1(3)4/h2H,1H2,(H,4,5);3H,1H2,2H3;2H2,(H,3,4). The molecule has 0 bridgehead atoms. The van der Waals surface area contributed by atoms with Crippen molar-refractivity contribution in [2.75, 3.05) is 0 Å². The summed E-state index contributed by atoms with van der Waals surface area (Å²) in [5, 5.41) is 14.8. The molecule has 5 heteroatoms. The Morgan fingerprint density at radius 3 is 1.42 bits per heavy atom. The summed E-state index contributed by atoms with van der Waals surface area (Å²) in [5.41, 5.74) is 4.03. The first-order valence-electron chi connectivity index (χ1n) is 2.83. The lowest BCUT2D eigenvalue weighted by atomic mass is 10.7. The van der Waals surface area contributed by atoms with Crippen LogP contribution in [-0.2, 0) is 4.79 Å². The van der Waals surface area contributed by atoms with Crippen LogP contribution in [0, 0.1) is 0 Å². The second-order valence-electron chi connectivity index (χ2n) is 1.29. The van der Waals surface area contributed by atoms with E-state index in [4.69, 9.17) is 15.0 Å². The van der Waals surface area contributed by atoms with Gasteiger partial charge in [-0.1, -0.05) is 12.7 Å². The fourth-order valence-electron chi connectivity index (χ4n) is 0. The molecule has 0 radical (unpaired) electrons. The second kappa shape index (κ2) is 16.1. The van der Waals surface area contributed by atoms with E-state index in [1.54, 1.807) is 6.08 Å². The fourth-order valence-corrected chi connectivity index (χ4v) is 0. The van der Waals surface area contributed by atoms with Gasteiger partial charge < -0.3 is 15.9 Å². The van der Waals surface area contributed by atoms with E-state index in [-0.39, 0.29) is 0 Å². The summed E-state index contributed by atoms with van der Waals surface area (Å²) in [5.74, 6) is -0.981. The lowest BCUT2D eigenvalue weighted by Gasteiger charge is -1.64. The zero-order valence-electron chi connectivity index (χ0n) is 6.86. The molecule has 0 saturated carbocycles. The number of carboxylic acids is 1. The van der Waals surface area contributed by atoms with Crippen molar-refractivity contribution in [1.29, 1.82) is 0 Å². The number of amides is 1. The zero-order chi connectivity index (χ0) is 10.6. The quantitative estimate of drug-likeness (QED) is 0.410. The normalized spacial score (nSPS) is 5.75. The number of aliphatic carboxylic acids is 1. The largest absolute Gasteiger partial charge is 0.478 e. The van der Waals surface area contributed by atoms with E-state index in [0.717, 1.165) is 6.08 Å². The highest BCUT2D eigenvalue weighted by molar-refractivity contribution is 5.78. The molecule has 12 heavy (non-hydrogen) atoms. The van der Waals surface area contributed by atoms with Crippen LogP contribution in [0.1, 0.15) is 6.92 Å². The summed E-state index contributed by atoms with van der Waals surface area (Å²) in [4.78, 5) is 18.0. The molecule has 0 heterocycles. The molecule has 0 aromatic carbocycles. The Morgan fingerprint density at radius 2 is 1.42 bits per heavy atom. The fraction of sp³-hybridized carbons (Fsp3) is 0.143.